The number of nitrogens with one attached hydrogen (secondary N) is 1. The topological polar surface area (TPSA) is 69.7 Å². The van der Waals surface area contributed by atoms with Gasteiger partial charge in [0.15, 0.2) is 0 Å². The lowest BCUT2D eigenvalue weighted by Gasteiger charge is -2.23. The molecule has 2 aliphatic rings. The minimum atomic E-state index is -0.386. The standard InChI is InChI=1S/C28H23N3O3S2/c1-17-12-14-20(15-13-17)29-23(32)16-30-22-11-7-6-10-21(22)24(26(30)33)25-27(34)31(28(35)36-25)18(2)19-8-4-3-5-9-19/h3-15,18H,16H2,1-2H3,(H,29,32)/b25-24-/t18-/m0/s1. The van der Waals surface area contributed by atoms with Gasteiger partial charge in [-0.3, -0.25) is 24.2 Å². The van der Waals surface area contributed by atoms with Crippen LogP contribution in [0, 0.1) is 6.92 Å². The average molecular weight is 514 g/mol. The molecule has 3 amide bonds. The van der Waals surface area contributed by atoms with Crippen molar-refractivity contribution in [2.24, 2.45) is 0 Å². The van der Waals surface area contributed by atoms with Crippen LogP contribution in [0.5, 0.6) is 0 Å². The van der Waals surface area contributed by atoms with E-state index in [1.807, 2.05) is 80.6 Å². The number of thiocarbonyl (C=S) groups is 1. The van der Waals surface area contributed by atoms with E-state index in [-0.39, 0.29) is 35.9 Å². The van der Waals surface area contributed by atoms with Crippen molar-refractivity contribution in [3.63, 3.8) is 0 Å². The van der Waals surface area contributed by atoms with Crippen LogP contribution in [-0.4, -0.2) is 33.5 Å². The first-order valence-corrected chi connectivity index (χ1v) is 12.7. The second-order valence-electron chi connectivity index (χ2n) is 8.66. The number of hydrogen-bond donors (Lipinski definition) is 1. The molecule has 6 nitrogen and oxygen atoms in total. The molecule has 1 N–H and O–H groups in total. The van der Waals surface area contributed by atoms with Gasteiger partial charge in [-0.15, -0.1) is 0 Å². The van der Waals surface area contributed by atoms with Crippen molar-refractivity contribution in [1.82, 2.24) is 4.90 Å². The number of carbonyl (C=O) groups excluding carboxylic acids is 3. The van der Waals surface area contributed by atoms with E-state index in [2.05, 4.69) is 5.32 Å². The highest BCUT2D eigenvalue weighted by molar-refractivity contribution is 8.26. The molecule has 2 heterocycles. The largest absolute Gasteiger partial charge is 0.325 e. The van der Waals surface area contributed by atoms with Crippen molar-refractivity contribution in [3.05, 3.63) is 100 Å². The Bertz CT molecular complexity index is 1420. The van der Waals surface area contributed by atoms with Crippen LogP contribution in [0.2, 0.25) is 0 Å². The highest BCUT2D eigenvalue weighted by atomic mass is 32.2. The van der Waals surface area contributed by atoms with Crippen molar-refractivity contribution in [3.8, 4) is 0 Å². The highest BCUT2D eigenvalue weighted by Crippen LogP contribution is 2.46. The van der Waals surface area contributed by atoms with E-state index in [1.165, 1.54) is 4.90 Å². The second kappa shape index (κ2) is 9.72. The van der Waals surface area contributed by atoms with Crippen LogP contribution in [0.1, 0.15) is 29.7 Å². The number of benzene rings is 3. The maximum absolute atomic E-state index is 13.6. The molecule has 3 aromatic carbocycles. The normalized spacial score (nSPS) is 18.0. The Morgan fingerprint density at radius 1 is 0.944 bits per heavy atom. The summed E-state index contributed by atoms with van der Waals surface area (Å²) in [4.78, 5) is 43.3. The summed E-state index contributed by atoms with van der Waals surface area (Å²) < 4.78 is 0.402. The Labute approximate surface area is 219 Å². The van der Waals surface area contributed by atoms with Gasteiger partial charge in [-0.05, 0) is 37.6 Å². The lowest BCUT2D eigenvalue weighted by Crippen LogP contribution is -2.35. The molecular weight excluding hydrogens is 490 g/mol. The first-order chi connectivity index (χ1) is 17.3. The third-order valence-corrected chi connectivity index (χ3v) is 7.66. The number of thioether (sulfide) groups is 1. The smallest absolute Gasteiger partial charge is 0.267 e. The van der Waals surface area contributed by atoms with Gasteiger partial charge in [0.2, 0.25) is 5.91 Å². The van der Waals surface area contributed by atoms with Crippen LogP contribution < -0.4 is 10.2 Å². The van der Waals surface area contributed by atoms with Crippen molar-refractivity contribution in [1.29, 1.82) is 0 Å². The molecule has 8 heteroatoms. The Hall–Kier alpha value is -3.75. The van der Waals surface area contributed by atoms with Crippen LogP contribution in [0.15, 0.2) is 83.8 Å². The van der Waals surface area contributed by atoms with Crippen LogP contribution in [-0.2, 0) is 14.4 Å². The number of carbonyl (C=O) groups is 3. The third kappa shape index (κ3) is 4.34. The van der Waals surface area contributed by atoms with Crippen LogP contribution in [0.25, 0.3) is 5.57 Å². The van der Waals surface area contributed by atoms with Crippen LogP contribution >= 0.6 is 24.0 Å². The Morgan fingerprint density at radius 3 is 2.33 bits per heavy atom. The van der Waals surface area contributed by atoms with E-state index in [0.717, 1.165) is 22.9 Å². The monoisotopic (exact) mass is 513 g/mol. The molecule has 1 atom stereocenters. The fourth-order valence-electron chi connectivity index (χ4n) is 4.38. The molecule has 0 saturated carbocycles. The van der Waals surface area contributed by atoms with Gasteiger partial charge in [-0.1, -0.05) is 90.2 Å². The molecule has 0 aromatic heterocycles. The van der Waals surface area contributed by atoms with E-state index in [1.54, 1.807) is 17.0 Å². The Balaban J connectivity index is 1.45. The molecule has 0 radical (unpaired) electrons. The van der Waals surface area contributed by atoms with Gasteiger partial charge in [0.25, 0.3) is 11.8 Å². The van der Waals surface area contributed by atoms with Crippen LogP contribution in [0.3, 0.4) is 0 Å². The molecule has 180 valence electrons. The lowest BCUT2D eigenvalue weighted by atomic mass is 10.1. The minimum absolute atomic E-state index is 0.173. The SMILES string of the molecule is Cc1ccc(NC(=O)CN2C(=O)/C(=C3\SC(=S)N([C@@H](C)c4ccccc4)C3=O)c3ccccc32)cc1. The number of fused-ring (bicyclic) bond motifs is 1. The summed E-state index contributed by atoms with van der Waals surface area (Å²) in [6.45, 7) is 3.71. The zero-order valence-electron chi connectivity index (χ0n) is 19.7. The van der Waals surface area contributed by atoms with E-state index in [9.17, 15) is 14.4 Å². The van der Waals surface area contributed by atoms with Crippen LogP contribution in [0.4, 0.5) is 11.4 Å². The summed E-state index contributed by atoms with van der Waals surface area (Å²) in [5.41, 5.74) is 4.19. The molecule has 2 aliphatic heterocycles. The molecule has 36 heavy (non-hydrogen) atoms. The van der Waals surface area contributed by atoms with E-state index in [0.29, 0.717) is 26.2 Å². The predicted octanol–water partition coefficient (Wildman–Crippen LogP) is 5.31. The molecule has 3 aromatic rings. The molecule has 0 unspecified atom stereocenters. The second-order valence-corrected chi connectivity index (χ2v) is 10.3. The fourth-order valence-corrected chi connectivity index (χ4v) is 5.87. The van der Waals surface area contributed by atoms with Gasteiger partial charge in [0, 0.05) is 11.3 Å². The first kappa shape index (κ1) is 24.0. The maximum Gasteiger partial charge on any atom is 0.267 e. The number of para-hydroxylation sites is 1. The summed E-state index contributed by atoms with van der Waals surface area (Å²) in [6, 6.07) is 24.0. The van der Waals surface area contributed by atoms with Crippen molar-refractivity contribution in [2.75, 3.05) is 16.8 Å². The van der Waals surface area contributed by atoms with E-state index < -0.39 is 0 Å². The van der Waals surface area contributed by atoms with E-state index in [4.69, 9.17) is 12.2 Å². The minimum Gasteiger partial charge on any atom is -0.325 e. The quantitative estimate of drug-likeness (QED) is 0.370. The summed E-state index contributed by atoms with van der Waals surface area (Å²) >= 11 is 6.70. The molecule has 5 rings (SSSR count). The number of hydrogen-bond acceptors (Lipinski definition) is 5. The summed E-state index contributed by atoms with van der Waals surface area (Å²) in [5.74, 6) is -1.01. The molecule has 1 fully saturated rings. The molecular formula is C28H23N3O3S2. The number of nitrogens with zero attached hydrogens (tertiary/aromatic N) is 2. The molecule has 0 bridgehead atoms. The zero-order valence-corrected chi connectivity index (χ0v) is 21.4. The number of anilines is 2. The van der Waals surface area contributed by atoms with Gasteiger partial charge in [-0.2, -0.15) is 0 Å². The number of aryl methyl sites for hydroxylation is 1. The number of rotatable bonds is 5. The van der Waals surface area contributed by atoms with Gasteiger partial charge in [-0.25, -0.2) is 0 Å². The molecule has 1 saturated heterocycles. The summed E-state index contributed by atoms with van der Waals surface area (Å²) in [6.07, 6.45) is 0. The summed E-state index contributed by atoms with van der Waals surface area (Å²) in [5, 5.41) is 2.84. The fraction of sp³-hybridized carbons (Fsp3) is 0.143. The third-order valence-electron chi connectivity index (χ3n) is 6.26. The maximum atomic E-state index is 13.6. The van der Waals surface area contributed by atoms with Gasteiger partial charge in [0.05, 0.1) is 22.2 Å². The first-order valence-electron chi connectivity index (χ1n) is 11.5. The average Bonchev–Trinajstić information content (AvgIpc) is 3.32. The van der Waals surface area contributed by atoms with Crippen molar-refractivity contribution in [2.45, 2.75) is 19.9 Å². The Morgan fingerprint density at radius 2 is 1.61 bits per heavy atom. The van der Waals surface area contributed by atoms with Gasteiger partial charge in [0.1, 0.15) is 10.9 Å². The highest BCUT2D eigenvalue weighted by Gasteiger charge is 2.43. The number of amides is 3. The lowest BCUT2D eigenvalue weighted by molar-refractivity contribution is -0.123. The molecule has 0 spiro atoms. The predicted molar refractivity (Wildman–Crippen MR) is 147 cm³/mol. The van der Waals surface area contributed by atoms with E-state index >= 15 is 0 Å². The van der Waals surface area contributed by atoms with Crippen molar-refractivity contribution < 1.29 is 14.4 Å². The molecule has 0 aliphatic carbocycles. The van der Waals surface area contributed by atoms with Gasteiger partial charge >= 0.3 is 0 Å². The Kier molecular flexibility index (Phi) is 6.47. The van der Waals surface area contributed by atoms with Crippen molar-refractivity contribution >= 4 is 63.0 Å². The van der Waals surface area contributed by atoms with Gasteiger partial charge < -0.3 is 5.32 Å². The zero-order chi connectivity index (χ0) is 25.4. The summed E-state index contributed by atoms with van der Waals surface area (Å²) in [7, 11) is 0.